The minimum absolute atomic E-state index is 0.0335. The van der Waals surface area contributed by atoms with E-state index in [0.717, 1.165) is 28.2 Å². The van der Waals surface area contributed by atoms with Crippen LogP contribution in [0.1, 0.15) is 22.3 Å². The maximum atomic E-state index is 12.9. The highest BCUT2D eigenvalue weighted by molar-refractivity contribution is 6.36. The molecule has 0 fully saturated rings. The molecule has 0 atom stereocenters. The van der Waals surface area contributed by atoms with Gasteiger partial charge in [-0.3, -0.25) is 14.5 Å². The van der Waals surface area contributed by atoms with Crippen LogP contribution >= 0.6 is 0 Å². The van der Waals surface area contributed by atoms with E-state index in [0.29, 0.717) is 5.56 Å². The number of nitrogens with one attached hydrogen (secondary N) is 1. The van der Waals surface area contributed by atoms with Crippen LogP contribution in [0.3, 0.4) is 0 Å². The molecule has 27 heavy (non-hydrogen) atoms. The molecule has 0 bridgehead atoms. The summed E-state index contributed by atoms with van der Waals surface area (Å²) in [6.45, 7) is 3.72. The van der Waals surface area contributed by atoms with Crippen molar-refractivity contribution in [3.8, 4) is 0 Å². The van der Waals surface area contributed by atoms with Gasteiger partial charge >= 0.3 is 6.18 Å². The molecule has 140 valence electrons. The SMILES string of the molecule is Cc1ccc(C2=C(Nc3cccc(C(F)(F)F)c3)C(=O)N(C)C2=O)c(C)c1. The van der Waals surface area contributed by atoms with E-state index in [9.17, 15) is 22.8 Å². The molecule has 0 radical (unpaired) electrons. The molecule has 3 rings (SSSR count). The third-order valence-corrected chi connectivity index (χ3v) is 4.40. The lowest BCUT2D eigenvalue weighted by atomic mass is 9.97. The maximum absolute atomic E-state index is 12.9. The Balaban J connectivity index is 2.11. The number of hydrogen-bond donors (Lipinski definition) is 1. The summed E-state index contributed by atoms with van der Waals surface area (Å²) in [6, 6.07) is 9.93. The lowest BCUT2D eigenvalue weighted by molar-refractivity contribution is -0.137. The van der Waals surface area contributed by atoms with E-state index in [4.69, 9.17) is 0 Å². The number of alkyl halides is 3. The number of likely N-dealkylation sites (N-methyl/N-ethyl adjacent to an activating group) is 1. The molecule has 0 aliphatic carbocycles. The van der Waals surface area contributed by atoms with Crippen LogP contribution in [0.15, 0.2) is 48.2 Å². The normalized spacial score (nSPS) is 15.0. The van der Waals surface area contributed by atoms with Gasteiger partial charge in [0, 0.05) is 12.7 Å². The summed E-state index contributed by atoms with van der Waals surface area (Å²) < 4.78 is 38.8. The number of amides is 2. The second-order valence-electron chi connectivity index (χ2n) is 6.44. The molecule has 0 spiro atoms. The number of nitrogens with zero attached hydrogens (tertiary/aromatic N) is 1. The Bertz CT molecular complexity index is 977. The highest BCUT2D eigenvalue weighted by Crippen LogP contribution is 2.34. The summed E-state index contributed by atoms with van der Waals surface area (Å²) in [6.07, 6.45) is -4.51. The van der Waals surface area contributed by atoms with Crippen LogP contribution in [0.2, 0.25) is 0 Å². The Morgan fingerprint density at radius 1 is 0.963 bits per heavy atom. The van der Waals surface area contributed by atoms with Crippen LogP contribution in [0, 0.1) is 13.8 Å². The lowest BCUT2D eigenvalue weighted by Gasteiger charge is -2.12. The Morgan fingerprint density at radius 3 is 2.30 bits per heavy atom. The van der Waals surface area contributed by atoms with Gasteiger partial charge in [0.1, 0.15) is 5.70 Å². The van der Waals surface area contributed by atoms with Crippen molar-refractivity contribution in [3.63, 3.8) is 0 Å². The Morgan fingerprint density at radius 2 is 1.67 bits per heavy atom. The van der Waals surface area contributed by atoms with Gasteiger partial charge in [-0.15, -0.1) is 0 Å². The molecule has 2 aromatic carbocycles. The molecule has 0 unspecified atom stereocenters. The van der Waals surface area contributed by atoms with Crippen molar-refractivity contribution >= 4 is 23.1 Å². The summed E-state index contributed by atoms with van der Waals surface area (Å²) in [4.78, 5) is 26.1. The number of imide groups is 1. The van der Waals surface area contributed by atoms with E-state index < -0.39 is 23.6 Å². The number of benzene rings is 2. The highest BCUT2D eigenvalue weighted by atomic mass is 19.4. The first-order chi connectivity index (χ1) is 12.6. The van der Waals surface area contributed by atoms with E-state index in [1.54, 1.807) is 6.07 Å². The van der Waals surface area contributed by atoms with Crippen LogP contribution in [0.25, 0.3) is 5.57 Å². The molecule has 0 aromatic heterocycles. The fourth-order valence-corrected chi connectivity index (χ4v) is 3.02. The van der Waals surface area contributed by atoms with E-state index in [-0.39, 0.29) is 17.0 Å². The molecule has 2 aromatic rings. The number of carbonyl (C=O) groups is 2. The van der Waals surface area contributed by atoms with Gasteiger partial charge in [0.2, 0.25) is 0 Å². The number of carbonyl (C=O) groups excluding carboxylic acids is 2. The first-order valence-corrected chi connectivity index (χ1v) is 8.18. The standard InChI is InChI=1S/C20H17F3N2O2/c1-11-7-8-15(12(2)9-11)16-17(19(27)25(3)18(16)26)24-14-6-4-5-13(10-14)20(21,22)23/h4-10,24H,1-3H3. The molecule has 1 aliphatic heterocycles. The lowest BCUT2D eigenvalue weighted by Crippen LogP contribution is -2.28. The molecule has 7 heteroatoms. The summed E-state index contributed by atoms with van der Waals surface area (Å²) in [5.41, 5.74) is 1.72. The first kappa shape index (κ1) is 18.7. The number of hydrogen-bond acceptors (Lipinski definition) is 3. The summed E-state index contributed by atoms with van der Waals surface area (Å²) in [5.74, 6) is -1.09. The van der Waals surface area contributed by atoms with Gasteiger partial charge in [-0.05, 0) is 43.2 Å². The van der Waals surface area contributed by atoms with Crippen molar-refractivity contribution < 1.29 is 22.8 Å². The Kier molecular flexibility index (Phi) is 4.55. The van der Waals surface area contributed by atoms with Crippen molar-refractivity contribution in [2.45, 2.75) is 20.0 Å². The topological polar surface area (TPSA) is 49.4 Å². The average molecular weight is 374 g/mol. The van der Waals surface area contributed by atoms with E-state index >= 15 is 0 Å². The molecule has 0 saturated heterocycles. The summed E-state index contributed by atoms with van der Waals surface area (Å²) in [7, 11) is 1.34. The van der Waals surface area contributed by atoms with Gasteiger partial charge in [-0.2, -0.15) is 13.2 Å². The highest BCUT2D eigenvalue weighted by Gasteiger charge is 2.37. The number of anilines is 1. The zero-order chi connectivity index (χ0) is 19.9. The second-order valence-corrected chi connectivity index (χ2v) is 6.44. The zero-order valence-corrected chi connectivity index (χ0v) is 14.9. The number of rotatable bonds is 3. The van der Waals surface area contributed by atoms with Crippen LogP contribution in [-0.2, 0) is 15.8 Å². The van der Waals surface area contributed by atoms with Crippen molar-refractivity contribution in [2.24, 2.45) is 0 Å². The molecule has 1 N–H and O–H groups in total. The van der Waals surface area contributed by atoms with E-state index in [1.165, 1.54) is 19.2 Å². The van der Waals surface area contributed by atoms with Gasteiger partial charge in [-0.1, -0.05) is 29.8 Å². The van der Waals surface area contributed by atoms with Crippen molar-refractivity contribution in [3.05, 3.63) is 70.4 Å². The molecule has 4 nitrogen and oxygen atoms in total. The average Bonchev–Trinajstić information content (AvgIpc) is 2.79. The summed E-state index contributed by atoms with van der Waals surface area (Å²) >= 11 is 0. The van der Waals surface area contributed by atoms with E-state index in [2.05, 4.69) is 5.32 Å². The van der Waals surface area contributed by atoms with Gasteiger partial charge in [-0.25, -0.2) is 0 Å². The van der Waals surface area contributed by atoms with Crippen LogP contribution in [-0.4, -0.2) is 23.8 Å². The zero-order valence-electron chi connectivity index (χ0n) is 14.9. The number of halogens is 3. The van der Waals surface area contributed by atoms with Gasteiger partial charge in [0.15, 0.2) is 0 Å². The molecule has 0 saturated carbocycles. The molecular formula is C20H17F3N2O2. The fourth-order valence-electron chi connectivity index (χ4n) is 3.02. The molecule has 1 heterocycles. The quantitative estimate of drug-likeness (QED) is 0.822. The minimum Gasteiger partial charge on any atom is -0.350 e. The van der Waals surface area contributed by atoms with Crippen LogP contribution < -0.4 is 5.32 Å². The minimum atomic E-state index is -4.51. The van der Waals surface area contributed by atoms with Crippen molar-refractivity contribution in [1.29, 1.82) is 0 Å². The van der Waals surface area contributed by atoms with Crippen molar-refractivity contribution in [1.82, 2.24) is 4.90 Å². The Labute approximate surface area is 154 Å². The largest absolute Gasteiger partial charge is 0.416 e. The second kappa shape index (κ2) is 6.57. The predicted molar refractivity (Wildman–Crippen MR) is 95.7 cm³/mol. The van der Waals surface area contributed by atoms with E-state index in [1.807, 2.05) is 26.0 Å². The number of aryl methyl sites for hydroxylation is 2. The third-order valence-electron chi connectivity index (χ3n) is 4.40. The predicted octanol–water partition coefficient (Wildman–Crippen LogP) is 4.14. The van der Waals surface area contributed by atoms with Crippen LogP contribution in [0.5, 0.6) is 0 Å². The van der Waals surface area contributed by atoms with Gasteiger partial charge in [0.05, 0.1) is 11.1 Å². The maximum Gasteiger partial charge on any atom is 0.416 e. The van der Waals surface area contributed by atoms with Crippen LogP contribution in [0.4, 0.5) is 18.9 Å². The smallest absolute Gasteiger partial charge is 0.350 e. The van der Waals surface area contributed by atoms with Gasteiger partial charge in [0.25, 0.3) is 11.8 Å². The fraction of sp³-hybridized carbons (Fsp3) is 0.200. The first-order valence-electron chi connectivity index (χ1n) is 8.18. The third kappa shape index (κ3) is 3.45. The van der Waals surface area contributed by atoms with Gasteiger partial charge < -0.3 is 5.32 Å². The molecule has 1 aliphatic rings. The molecule has 2 amide bonds. The summed E-state index contributed by atoms with van der Waals surface area (Å²) in [5, 5.41) is 2.72. The Hall–Kier alpha value is -3.09. The van der Waals surface area contributed by atoms with Crippen molar-refractivity contribution in [2.75, 3.05) is 12.4 Å². The molecular weight excluding hydrogens is 357 g/mol. The monoisotopic (exact) mass is 374 g/mol.